The maximum Gasteiger partial charge on any atom is 0.374 e. The third kappa shape index (κ3) is 6.78. The van der Waals surface area contributed by atoms with Gasteiger partial charge in [-0.05, 0) is 13.8 Å². The molecule has 0 bridgehead atoms. The highest BCUT2D eigenvalue weighted by Crippen LogP contribution is 1.91. The third-order valence-corrected chi connectivity index (χ3v) is 1.53. The lowest BCUT2D eigenvalue weighted by Gasteiger charge is -2.01. The summed E-state index contributed by atoms with van der Waals surface area (Å²) < 4.78 is 4.49. The molecule has 0 aromatic rings. The highest BCUT2D eigenvalue weighted by Gasteiger charge is 2.15. The van der Waals surface area contributed by atoms with Crippen LogP contribution in [0.1, 0.15) is 26.7 Å². The van der Waals surface area contributed by atoms with Crippen molar-refractivity contribution in [3.8, 4) is 6.07 Å². The van der Waals surface area contributed by atoms with E-state index in [0.717, 1.165) is 0 Å². The zero-order valence-electron chi connectivity index (χ0n) is 9.65. The van der Waals surface area contributed by atoms with Crippen LogP contribution in [0.25, 0.3) is 0 Å². The number of rotatable bonds is 6. The molecule has 0 aromatic carbocycles. The van der Waals surface area contributed by atoms with Crippen LogP contribution in [0.5, 0.6) is 0 Å². The van der Waals surface area contributed by atoms with Crippen molar-refractivity contribution >= 4 is 23.4 Å². The Balaban J connectivity index is 4.17. The van der Waals surface area contributed by atoms with Crippen molar-refractivity contribution in [3.63, 3.8) is 0 Å². The summed E-state index contributed by atoms with van der Waals surface area (Å²) in [7, 11) is 0. The van der Waals surface area contributed by atoms with Crippen LogP contribution in [0, 0.1) is 11.3 Å². The number of Topliss-reactive ketones (excluding diaryl/α,β-unsaturated/α-hetero) is 1. The Labute approximate surface area is 98.4 Å². The minimum atomic E-state index is -0.926. The molecule has 0 saturated heterocycles. The number of ketones is 1. The molecular weight excluding hydrogens is 226 g/mol. The quantitative estimate of drug-likeness (QED) is 0.301. The van der Waals surface area contributed by atoms with E-state index < -0.39 is 17.7 Å². The lowest BCUT2D eigenvalue weighted by Crippen LogP contribution is -2.22. The number of hydrogen-bond donors (Lipinski definition) is 1. The summed E-state index contributed by atoms with van der Waals surface area (Å²) in [6, 6.07) is 1.64. The summed E-state index contributed by atoms with van der Waals surface area (Å²) in [4.78, 5) is 33.0. The van der Waals surface area contributed by atoms with Gasteiger partial charge in [0.25, 0.3) is 5.91 Å². The van der Waals surface area contributed by atoms with Crippen molar-refractivity contribution in [2.75, 3.05) is 6.61 Å². The summed E-state index contributed by atoms with van der Waals surface area (Å²) in [5.74, 6) is -2.23. The van der Waals surface area contributed by atoms with E-state index in [-0.39, 0.29) is 25.2 Å². The molecular formula is C10H13N3O4. The second-order valence-corrected chi connectivity index (χ2v) is 3.04. The van der Waals surface area contributed by atoms with Gasteiger partial charge in [0.1, 0.15) is 6.42 Å². The number of nitrogens with one attached hydrogen (secondary N) is 1. The second-order valence-electron chi connectivity index (χ2n) is 3.04. The molecule has 1 N–H and O–H groups in total. The first-order chi connectivity index (χ1) is 8.01. The summed E-state index contributed by atoms with van der Waals surface area (Å²) in [6.45, 7) is 3.19. The molecule has 0 aliphatic rings. The minimum Gasteiger partial charge on any atom is -0.460 e. The van der Waals surface area contributed by atoms with E-state index in [1.807, 2.05) is 0 Å². The summed E-state index contributed by atoms with van der Waals surface area (Å²) in [5.41, 5.74) is 2.34. The Morgan fingerprint density at radius 2 is 2.06 bits per heavy atom. The van der Waals surface area contributed by atoms with Crippen LogP contribution in [0.4, 0.5) is 0 Å². The molecule has 17 heavy (non-hydrogen) atoms. The van der Waals surface area contributed by atoms with E-state index in [1.54, 1.807) is 13.0 Å². The van der Waals surface area contributed by atoms with Gasteiger partial charge in [-0.1, -0.05) is 0 Å². The zero-order valence-corrected chi connectivity index (χ0v) is 9.65. The first-order valence-corrected chi connectivity index (χ1v) is 4.90. The van der Waals surface area contributed by atoms with Gasteiger partial charge in [0.2, 0.25) is 5.78 Å². The van der Waals surface area contributed by atoms with E-state index >= 15 is 0 Å². The summed E-state index contributed by atoms with van der Waals surface area (Å²) in [5, 5.41) is 11.8. The predicted molar refractivity (Wildman–Crippen MR) is 57.7 cm³/mol. The van der Waals surface area contributed by atoms with Gasteiger partial charge in [-0.25, -0.2) is 10.2 Å². The molecule has 0 saturated carbocycles. The second kappa shape index (κ2) is 7.98. The number of carbonyl (C=O) groups is 3. The fourth-order valence-electron chi connectivity index (χ4n) is 0.825. The lowest BCUT2D eigenvalue weighted by molar-refractivity contribution is -0.152. The van der Waals surface area contributed by atoms with Crippen molar-refractivity contribution in [2.45, 2.75) is 26.7 Å². The normalized spacial score (nSPS) is 10.3. The smallest absolute Gasteiger partial charge is 0.374 e. The molecule has 0 spiro atoms. The number of amides is 1. The highest BCUT2D eigenvalue weighted by molar-refractivity contribution is 6.37. The van der Waals surface area contributed by atoms with Gasteiger partial charge in [-0.15, -0.1) is 0 Å². The third-order valence-electron chi connectivity index (χ3n) is 1.53. The predicted octanol–water partition coefficient (Wildman–Crippen LogP) is -0.0855. The number of esters is 1. The molecule has 92 valence electrons. The molecule has 0 unspecified atom stereocenters. The summed E-state index contributed by atoms with van der Waals surface area (Å²) in [6.07, 6.45) is -0.547. The van der Waals surface area contributed by atoms with E-state index in [4.69, 9.17) is 5.26 Å². The lowest BCUT2D eigenvalue weighted by atomic mass is 10.2. The Morgan fingerprint density at radius 3 is 2.59 bits per heavy atom. The van der Waals surface area contributed by atoms with Gasteiger partial charge in [0.05, 0.1) is 19.1 Å². The molecule has 0 fully saturated rings. The van der Waals surface area contributed by atoms with Crippen LogP contribution in [-0.4, -0.2) is 30.0 Å². The van der Waals surface area contributed by atoms with Gasteiger partial charge < -0.3 is 4.74 Å². The molecule has 0 aliphatic heterocycles. The van der Waals surface area contributed by atoms with Crippen LogP contribution in [0.15, 0.2) is 5.10 Å². The Kier molecular flexibility index (Phi) is 6.94. The van der Waals surface area contributed by atoms with Crippen molar-refractivity contribution < 1.29 is 19.1 Å². The molecule has 7 nitrogen and oxygen atoms in total. The fourth-order valence-corrected chi connectivity index (χ4v) is 0.825. The SMILES string of the molecule is CCOC(=O)C(=O)C/C(C)=N/NC(=O)CC#N. The molecule has 0 radical (unpaired) electrons. The highest BCUT2D eigenvalue weighted by atomic mass is 16.5. The summed E-state index contributed by atoms with van der Waals surface area (Å²) >= 11 is 0. The molecule has 0 heterocycles. The first kappa shape index (κ1) is 14.8. The van der Waals surface area contributed by atoms with Crippen molar-refractivity contribution in [2.24, 2.45) is 5.10 Å². The van der Waals surface area contributed by atoms with Crippen molar-refractivity contribution in [1.29, 1.82) is 5.26 Å². The number of hydrazone groups is 1. The fraction of sp³-hybridized carbons (Fsp3) is 0.500. The van der Waals surface area contributed by atoms with Crippen LogP contribution < -0.4 is 5.43 Å². The number of carbonyl (C=O) groups excluding carboxylic acids is 3. The van der Waals surface area contributed by atoms with E-state index in [2.05, 4.69) is 15.3 Å². The molecule has 0 aromatic heterocycles. The maximum atomic E-state index is 11.2. The average molecular weight is 239 g/mol. The molecule has 0 atom stereocenters. The number of nitrogens with zero attached hydrogens (tertiary/aromatic N) is 2. The minimum absolute atomic E-state index is 0.125. The number of ether oxygens (including phenoxy) is 1. The van der Waals surface area contributed by atoms with E-state index in [9.17, 15) is 14.4 Å². The van der Waals surface area contributed by atoms with Crippen LogP contribution in [0.3, 0.4) is 0 Å². The first-order valence-electron chi connectivity index (χ1n) is 4.90. The van der Waals surface area contributed by atoms with E-state index in [1.165, 1.54) is 6.92 Å². The Morgan fingerprint density at radius 1 is 1.41 bits per heavy atom. The number of nitriles is 1. The maximum absolute atomic E-state index is 11.2. The largest absolute Gasteiger partial charge is 0.460 e. The molecule has 0 rings (SSSR count). The van der Waals surface area contributed by atoms with Gasteiger partial charge >= 0.3 is 5.97 Å². The molecule has 7 heteroatoms. The van der Waals surface area contributed by atoms with Gasteiger partial charge in [0.15, 0.2) is 0 Å². The number of hydrogen-bond acceptors (Lipinski definition) is 6. The van der Waals surface area contributed by atoms with Gasteiger partial charge in [0, 0.05) is 5.71 Å². The van der Waals surface area contributed by atoms with Crippen molar-refractivity contribution in [3.05, 3.63) is 0 Å². The van der Waals surface area contributed by atoms with Gasteiger partial charge in [-0.2, -0.15) is 10.4 Å². The average Bonchev–Trinajstić information content (AvgIpc) is 2.27. The van der Waals surface area contributed by atoms with Gasteiger partial charge in [-0.3, -0.25) is 9.59 Å². The van der Waals surface area contributed by atoms with E-state index in [0.29, 0.717) is 0 Å². The van der Waals surface area contributed by atoms with Crippen LogP contribution in [0.2, 0.25) is 0 Å². The monoisotopic (exact) mass is 239 g/mol. The Hall–Kier alpha value is -2.23. The zero-order chi connectivity index (χ0) is 13.3. The van der Waals surface area contributed by atoms with Crippen LogP contribution >= 0.6 is 0 Å². The topological polar surface area (TPSA) is 109 Å². The van der Waals surface area contributed by atoms with Crippen LogP contribution in [-0.2, 0) is 19.1 Å². The Bertz CT molecular complexity index is 382. The van der Waals surface area contributed by atoms with Crippen molar-refractivity contribution in [1.82, 2.24) is 5.43 Å². The molecule has 1 amide bonds. The standard InChI is InChI=1S/C10H13N3O4/c1-3-17-10(16)8(14)6-7(2)12-13-9(15)4-5-11/h3-4,6H2,1-2H3,(H,13,15)/b12-7+. The molecule has 0 aliphatic carbocycles.